The Kier molecular flexibility index (Phi) is 7.04. The molecule has 3 heterocycles. The van der Waals surface area contributed by atoms with E-state index in [1.54, 1.807) is 0 Å². The summed E-state index contributed by atoms with van der Waals surface area (Å²) in [6.07, 6.45) is 2.79. The molecule has 2 N–H and O–H groups in total. The van der Waals surface area contributed by atoms with Crippen LogP contribution in [0.15, 0.2) is 72.9 Å². The van der Waals surface area contributed by atoms with Crippen LogP contribution in [0.4, 0.5) is 11.4 Å². The fourth-order valence-electron chi connectivity index (χ4n) is 5.61. The molecule has 0 radical (unpaired) electrons. The number of hydrogen-bond acceptors (Lipinski definition) is 3. The number of carbonyl (C=O) groups excluding carboxylic acids is 1. The predicted octanol–water partition coefficient (Wildman–Crippen LogP) is 6.50. The lowest BCUT2D eigenvalue weighted by Gasteiger charge is -2.28. The third-order valence-corrected chi connectivity index (χ3v) is 7.59. The lowest BCUT2D eigenvalue weighted by atomic mass is 9.96. The van der Waals surface area contributed by atoms with Gasteiger partial charge in [-0.15, -0.1) is 0 Å². The van der Waals surface area contributed by atoms with Gasteiger partial charge in [0.15, 0.2) is 5.11 Å². The summed E-state index contributed by atoms with van der Waals surface area (Å²) in [6.45, 7) is 10.3. The van der Waals surface area contributed by atoms with Crippen LogP contribution in [0.2, 0.25) is 0 Å². The predicted molar refractivity (Wildman–Crippen MR) is 158 cm³/mol. The first-order valence-electron chi connectivity index (χ1n) is 13.0. The highest BCUT2D eigenvalue weighted by Crippen LogP contribution is 2.44. The Hall–Kier alpha value is -3.97. The first kappa shape index (κ1) is 25.7. The molecule has 1 aliphatic heterocycles. The second-order valence-corrected chi connectivity index (χ2v) is 10.2. The molecule has 2 aromatic carbocycles. The number of thiocarbonyl (C=S) groups is 1. The monoisotopic (exact) mass is 523 g/mol. The number of amides is 1. The smallest absolute Gasteiger partial charge is 0.221 e. The number of nitrogens with one attached hydrogen (secondary N) is 2. The summed E-state index contributed by atoms with van der Waals surface area (Å²) >= 11 is 5.93. The summed E-state index contributed by atoms with van der Waals surface area (Å²) in [5.41, 5.74) is 10.0. The number of aromatic nitrogens is 2. The van der Waals surface area contributed by atoms with Crippen LogP contribution in [0.3, 0.4) is 0 Å². The average molecular weight is 524 g/mol. The van der Waals surface area contributed by atoms with E-state index in [9.17, 15) is 4.79 Å². The maximum absolute atomic E-state index is 11.5. The molecule has 0 aliphatic carbocycles. The number of anilines is 2. The molecule has 6 nitrogen and oxygen atoms in total. The Morgan fingerprint density at radius 3 is 2.47 bits per heavy atom. The Morgan fingerprint density at radius 1 is 1.05 bits per heavy atom. The third kappa shape index (κ3) is 4.58. The number of hydrogen-bond donors (Lipinski definition) is 2. The largest absolute Gasteiger partial charge is 0.351 e. The molecule has 194 valence electrons. The van der Waals surface area contributed by atoms with Crippen molar-refractivity contribution in [2.45, 2.75) is 53.1 Å². The molecule has 2 aromatic heterocycles. The zero-order chi connectivity index (χ0) is 27.0. The van der Waals surface area contributed by atoms with Crippen molar-refractivity contribution in [2.75, 3.05) is 10.2 Å². The van der Waals surface area contributed by atoms with Gasteiger partial charge in [0.2, 0.25) is 5.91 Å². The van der Waals surface area contributed by atoms with Crippen LogP contribution >= 0.6 is 12.2 Å². The highest BCUT2D eigenvalue weighted by molar-refractivity contribution is 7.80. The van der Waals surface area contributed by atoms with Gasteiger partial charge in [0.25, 0.3) is 0 Å². The minimum Gasteiger partial charge on any atom is -0.351 e. The van der Waals surface area contributed by atoms with Crippen molar-refractivity contribution in [1.82, 2.24) is 14.9 Å². The maximum Gasteiger partial charge on any atom is 0.221 e. The molecule has 4 aromatic rings. The lowest BCUT2D eigenvalue weighted by Crippen LogP contribution is -2.29. The van der Waals surface area contributed by atoms with E-state index in [0.717, 1.165) is 23.5 Å². The summed E-state index contributed by atoms with van der Waals surface area (Å²) < 4.78 is 2.39. The van der Waals surface area contributed by atoms with Gasteiger partial charge in [-0.3, -0.25) is 9.78 Å². The number of benzene rings is 2. The molecular formula is C31H33N5OS. The molecule has 1 fully saturated rings. The van der Waals surface area contributed by atoms with Crippen LogP contribution in [0, 0.1) is 20.8 Å². The minimum atomic E-state index is -0.129. The first-order chi connectivity index (χ1) is 18.3. The molecule has 0 spiro atoms. The van der Waals surface area contributed by atoms with Gasteiger partial charge in [-0.05, 0) is 98.6 Å². The molecule has 1 saturated heterocycles. The van der Waals surface area contributed by atoms with Crippen molar-refractivity contribution >= 4 is 34.6 Å². The molecule has 0 bridgehead atoms. The number of aryl methyl sites for hydroxylation is 3. The second-order valence-electron chi connectivity index (χ2n) is 9.82. The van der Waals surface area contributed by atoms with Crippen molar-refractivity contribution in [3.8, 4) is 5.69 Å². The highest BCUT2D eigenvalue weighted by Gasteiger charge is 2.42. The molecule has 5 rings (SSSR count). The molecular weight excluding hydrogens is 490 g/mol. The topological polar surface area (TPSA) is 62.2 Å². The summed E-state index contributed by atoms with van der Waals surface area (Å²) in [5.74, 6) is -0.0979. The van der Waals surface area contributed by atoms with Crippen molar-refractivity contribution in [3.63, 3.8) is 0 Å². The number of pyridine rings is 1. The number of nitrogens with zero attached hydrogens (tertiary/aromatic N) is 3. The molecule has 0 saturated carbocycles. The van der Waals surface area contributed by atoms with Crippen LogP contribution in [-0.2, 0) is 11.2 Å². The van der Waals surface area contributed by atoms with Crippen LogP contribution in [0.5, 0.6) is 0 Å². The average Bonchev–Trinajstić information content (AvgIpc) is 3.39. The van der Waals surface area contributed by atoms with E-state index in [4.69, 9.17) is 17.2 Å². The summed E-state index contributed by atoms with van der Waals surface area (Å²) in [6, 6.07) is 22.4. The van der Waals surface area contributed by atoms with Crippen LogP contribution in [0.1, 0.15) is 59.7 Å². The molecule has 38 heavy (non-hydrogen) atoms. The van der Waals surface area contributed by atoms with E-state index < -0.39 is 0 Å². The van der Waals surface area contributed by atoms with Crippen molar-refractivity contribution in [2.24, 2.45) is 0 Å². The van der Waals surface area contributed by atoms with Crippen molar-refractivity contribution in [1.29, 1.82) is 0 Å². The Labute approximate surface area is 229 Å². The van der Waals surface area contributed by atoms with E-state index in [0.29, 0.717) is 5.11 Å². The lowest BCUT2D eigenvalue weighted by molar-refractivity contribution is -0.114. The van der Waals surface area contributed by atoms with Gasteiger partial charge in [0.05, 0.1) is 23.5 Å². The van der Waals surface area contributed by atoms with E-state index in [-0.39, 0.29) is 18.0 Å². The Morgan fingerprint density at radius 2 is 1.82 bits per heavy atom. The summed E-state index contributed by atoms with van der Waals surface area (Å²) in [5, 5.41) is 7.05. The number of carbonyl (C=O) groups is 1. The van der Waals surface area contributed by atoms with Crippen molar-refractivity contribution in [3.05, 3.63) is 107 Å². The standard InChI is InChI=1S/C31H33N5OS/c1-6-23-11-9-10-19(2)29(23)35-20(3)18-26(21(35)4)30-28(27-12-7-8-17-32-27)34-31(38)36(30)25-15-13-24(14-16-25)33-22(5)37/h7-18,28,30H,6H2,1-5H3,(H,33,37)(H,34,38)/t28-,30-/m1/s1. The fourth-order valence-corrected chi connectivity index (χ4v) is 5.96. The molecule has 1 aliphatic rings. The van der Waals surface area contributed by atoms with Gasteiger partial charge >= 0.3 is 0 Å². The normalized spacial score (nSPS) is 17.0. The molecule has 7 heteroatoms. The summed E-state index contributed by atoms with van der Waals surface area (Å²) in [7, 11) is 0. The number of para-hydroxylation sites is 1. The van der Waals surface area contributed by atoms with Gasteiger partial charge in [-0.25, -0.2) is 0 Å². The molecule has 1 amide bonds. The van der Waals surface area contributed by atoms with Crippen LogP contribution < -0.4 is 15.5 Å². The number of rotatable bonds is 6. The van der Waals surface area contributed by atoms with E-state index >= 15 is 0 Å². The van der Waals surface area contributed by atoms with E-state index in [2.05, 4.69) is 72.1 Å². The summed E-state index contributed by atoms with van der Waals surface area (Å²) in [4.78, 5) is 18.4. The highest BCUT2D eigenvalue weighted by atomic mass is 32.1. The fraction of sp³-hybridized carbons (Fsp3) is 0.258. The van der Waals surface area contributed by atoms with Crippen molar-refractivity contribution < 1.29 is 4.79 Å². The molecule has 2 atom stereocenters. The van der Waals surface area contributed by atoms with Gasteiger partial charge in [-0.1, -0.05) is 31.2 Å². The SMILES string of the molecule is CCc1cccc(C)c1-n1c(C)cc([C@@H]2[C@@H](c3ccccn3)NC(=S)N2c2ccc(NC(C)=O)cc2)c1C. The first-order valence-corrected chi connectivity index (χ1v) is 13.4. The Balaban J connectivity index is 1.66. The zero-order valence-corrected chi connectivity index (χ0v) is 23.3. The second kappa shape index (κ2) is 10.4. The van der Waals surface area contributed by atoms with Gasteiger partial charge in [0.1, 0.15) is 0 Å². The minimum absolute atomic E-state index is 0.0979. The quantitative estimate of drug-likeness (QED) is 0.283. The van der Waals surface area contributed by atoms with Crippen LogP contribution in [-0.4, -0.2) is 20.6 Å². The van der Waals surface area contributed by atoms with E-state index in [1.807, 2.05) is 48.7 Å². The third-order valence-electron chi connectivity index (χ3n) is 7.28. The van der Waals surface area contributed by atoms with Gasteiger partial charge < -0.3 is 20.1 Å². The maximum atomic E-state index is 11.5. The van der Waals surface area contributed by atoms with Gasteiger partial charge in [0, 0.05) is 35.9 Å². The Bertz CT molecular complexity index is 1490. The zero-order valence-electron chi connectivity index (χ0n) is 22.4. The van der Waals surface area contributed by atoms with E-state index in [1.165, 1.54) is 40.7 Å². The van der Waals surface area contributed by atoms with Gasteiger partial charge in [-0.2, -0.15) is 0 Å². The van der Waals surface area contributed by atoms with Crippen LogP contribution in [0.25, 0.3) is 5.69 Å². The molecule has 0 unspecified atom stereocenters.